The minimum atomic E-state index is -4.03. The molecule has 0 fully saturated rings. The number of ether oxygens (including phenoxy) is 1. The molecule has 1 unspecified atom stereocenters. The van der Waals surface area contributed by atoms with Crippen LogP contribution in [0.3, 0.4) is 0 Å². The molecule has 0 aliphatic carbocycles. The van der Waals surface area contributed by atoms with Crippen molar-refractivity contribution in [2.45, 2.75) is 37.6 Å². The molecule has 0 saturated heterocycles. The number of nitrogens with two attached hydrogens (primary N) is 1. The summed E-state index contributed by atoms with van der Waals surface area (Å²) < 4.78 is 32.9. The van der Waals surface area contributed by atoms with Gasteiger partial charge < -0.3 is 10.5 Å². The standard InChI is InChI=1S/C14H23N3O5S.ClH/c1-10(2)8-14(3,9-15)16-23(20,21)13-7-11(17(18)19)5-6-12(13)22-4;/h5-7,10,16H,8-9,15H2,1-4H3;1H. The number of sulfonamides is 1. The van der Waals surface area contributed by atoms with E-state index in [4.69, 9.17) is 10.5 Å². The second-order valence-electron chi connectivity index (χ2n) is 6.06. The molecule has 1 aromatic carbocycles. The van der Waals surface area contributed by atoms with Gasteiger partial charge in [-0.05, 0) is 25.3 Å². The van der Waals surface area contributed by atoms with E-state index in [1.165, 1.54) is 19.2 Å². The quantitative estimate of drug-likeness (QED) is 0.524. The van der Waals surface area contributed by atoms with Gasteiger partial charge in [0.1, 0.15) is 10.6 Å². The van der Waals surface area contributed by atoms with Gasteiger partial charge in [0.05, 0.1) is 12.0 Å². The van der Waals surface area contributed by atoms with Crippen LogP contribution in [0.15, 0.2) is 23.1 Å². The van der Waals surface area contributed by atoms with Gasteiger partial charge in [-0.25, -0.2) is 13.1 Å². The SMILES string of the molecule is COc1ccc([N+](=O)[O-])cc1S(=O)(=O)NC(C)(CN)CC(C)C.Cl. The first-order valence-corrected chi connectivity index (χ1v) is 8.59. The van der Waals surface area contributed by atoms with Crippen molar-refractivity contribution >= 4 is 28.1 Å². The number of halogens is 1. The molecular weight excluding hydrogens is 358 g/mol. The molecule has 0 amide bonds. The smallest absolute Gasteiger partial charge is 0.271 e. The zero-order valence-corrected chi connectivity index (χ0v) is 15.7. The molecule has 0 aliphatic heterocycles. The molecule has 0 saturated carbocycles. The van der Waals surface area contributed by atoms with E-state index in [1.54, 1.807) is 6.92 Å². The molecule has 3 N–H and O–H groups in total. The first-order chi connectivity index (χ1) is 10.5. The van der Waals surface area contributed by atoms with E-state index < -0.39 is 20.5 Å². The summed E-state index contributed by atoms with van der Waals surface area (Å²) in [5, 5.41) is 10.9. The Labute approximate surface area is 148 Å². The third-order valence-corrected chi connectivity index (χ3v) is 5.00. The minimum Gasteiger partial charge on any atom is -0.495 e. The summed E-state index contributed by atoms with van der Waals surface area (Å²) in [6.07, 6.45) is 0.528. The van der Waals surface area contributed by atoms with Gasteiger partial charge in [0, 0.05) is 24.2 Å². The van der Waals surface area contributed by atoms with Crippen LogP contribution >= 0.6 is 12.4 Å². The molecule has 1 atom stereocenters. The predicted molar refractivity (Wildman–Crippen MR) is 94.1 cm³/mol. The highest BCUT2D eigenvalue weighted by atomic mass is 35.5. The predicted octanol–water partition coefficient (Wildman–Crippen LogP) is 2.07. The summed E-state index contributed by atoms with van der Waals surface area (Å²) in [5.41, 5.74) is 4.54. The number of nitrogens with one attached hydrogen (secondary N) is 1. The largest absolute Gasteiger partial charge is 0.495 e. The summed E-state index contributed by atoms with van der Waals surface area (Å²) in [7, 11) is -2.73. The van der Waals surface area contributed by atoms with E-state index in [-0.39, 0.29) is 41.2 Å². The average Bonchev–Trinajstić information content (AvgIpc) is 2.44. The Balaban J connectivity index is 0.00000529. The Hall–Kier alpha value is -1.42. The zero-order chi connectivity index (χ0) is 17.8. The minimum absolute atomic E-state index is 0. The number of rotatable bonds is 8. The van der Waals surface area contributed by atoms with Gasteiger partial charge in [0.15, 0.2) is 0 Å². The monoisotopic (exact) mass is 381 g/mol. The fraction of sp³-hybridized carbons (Fsp3) is 0.571. The lowest BCUT2D eigenvalue weighted by molar-refractivity contribution is -0.385. The van der Waals surface area contributed by atoms with E-state index in [1.807, 2.05) is 13.8 Å². The summed E-state index contributed by atoms with van der Waals surface area (Å²) in [4.78, 5) is 9.96. The lowest BCUT2D eigenvalue weighted by atomic mass is 9.92. The molecule has 0 spiro atoms. The van der Waals surface area contributed by atoms with Gasteiger partial charge in [0.25, 0.3) is 5.69 Å². The van der Waals surface area contributed by atoms with Gasteiger partial charge >= 0.3 is 0 Å². The van der Waals surface area contributed by atoms with Gasteiger partial charge in [-0.3, -0.25) is 10.1 Å². The molecule has 10 heteroatoms. The van der Waals surface area contributed by atoms with Crippen molar-refractivity contribution in [3.8, 4) is 5.75 Å². The van der Waals surface area contributed by atoms with Crippen LogP contribution in [-0.4, -0.2) is 32.5 Å². The second-order valence-corrected chi connectivity index (χ2v) is 7.71. The normalized spacial score (nSPS) is 13.9. The van der Waals surface area contributed by atoms with Crippen molar-refractivity contribution in [2.24, 2.45) is 11.7 Å². The highest BCUT2D eigenvalue weighted by molar-refractivity contribution is 7.89. The summed E-state index contributed by atoms with van der Waals surface area (Å²) >= 11 is 0. The number of non-ortho nitro benzene ring substituents is 1. The first kappa shape index (κ1) is 22.6. The molecule has 8 nitrogen and oxygen atoms in total. The van der Waals surface area contributed by atoms with Crippen molar-refractivity contribution < 1.29 is 18.1 Å². The van der Waals surface area contributed by atoms with Crippen LogP contribution in [-0.2, 0) is 10.0 Å². The van der Waals surface area contributed by atoms with E-state index in [2.05, 4.69) is 4.72 Å². The lowest BCUT2D eigenvalue weighted by Crippen LogP contribution is -2.52. The van der Waals surface area contributed by atoms with Crippen molar-refractivity contribution in [1.29, 1.82) is 0 Å². The van der Waals surface area contributed by atoms with E-state index >= 15 is 0 Å². The Morgan fingerprint density at radius 3 is 2.42 bits per heavy atom. The highest BCUT2D eigenvalue weighted by Crippen LogP contribution is 2.29. The van der Waals surface area contributed by atoms with Crippen molar-refractivity contribution in [2.75, 3.05) is 13.7 Å². The first-order valence-electron chi connectivity index (χ1n) is 7.11. The number of benzene rings is 1. The third-order valence-electron chi connectivity index (χ3n) is 3.34. The number of methoxy groups -OCH3 is 1. The average molecular weight is 382 g/mol. The van der Waals surface area contributed by atoms with Gasteiger partial charge in [-0.2, -0.15) is 0 Å². The summed E-state index contributed by atoms with van der Waals surface area (Å²) in [5.74, 6) is 0.255. The van der Waals surface area contributed by atoms with Crippen LogP contribution in [0.1, 0.15) is 27.2 Å². The molecule has 138 valence electrons. The topological polar surface area (TPSA) is 125 Å². The highest BCUT2D eigenvalue weighted by Gasteiger charge is 2.32. The van der Waals surface area contributed by atoms with E-state index in [0.29, 0.717) is 6.42 Å². The Morgan fingerprint density at radius 1 is 1.42 bits per heavy atom. The van der Waals surface area contributed by atoms with E-state index in [9.17, 15) is 18.5 Å². The molecule has 1 aromatic rings. The Bertz CT molecular complexity index is 681. The summed E-state index contributed by atoms with van der Waals surface area (Å²) in [6.45, 7) is 5.71. The molecule has 0 aromatic heterocycles. The van der Waals surface area contributed by atoms with Crippen LogP contribution in [0.25, 0.3) is 0 Å². The van der Waals surface area contributed by atoms with Gasteiger partial charge in [0.2, 0.25) is 10.0 Å². The molecule has 0 radical (unpaired) electrons. The van der Waals surface area contributed by atoms with Gasteiger partial charge in [-0.15, -0.1) is 12.4 Å². The number of nitro groups is 1. The number of nitrogens with zero attached hydrogens (tertiary/aromatic N) is 1. The molecule has 0 bridgehead atoms. The Morgan fingerprint density at radius 2 is 2.00 bits per heavy atom. The van der Waals surface area contributed by atoms with Crippen molar-refractivity contribution in [1.82, 2.24) is 4.72 Å². The third kappa shape index (κ3) is 5.59. The van der Waals surface area contributed by atoms with Crippen LogP contribution in [0.2, 0.25) is 0 Å². The van der Waals surface area contributed by atoms with Gasteiger partial charge in [-0.1, -0.05) is 13.8 Å². The number of hydrogen-bond acceptors (Lipinski definition) is 6. The zero-order valence-electron chi connectivity index (χ0n) is 14.1. The Kier molecular flexibility index (Phi) is 8.10. The molecule has 0 aliphatic rings. The number of hydrogen-bond donors (Lipinski definition) is 2. The molecule has 24 heavy (non-hydrogen) atoms. The van der Waals surface area contributed by atoms with Crippen LogP contribution < -0.4 is 15.2 Å². The molecule has 0 heterocycles. The molecule has 1 rings (SSSR count). The maximum atomic E-state index is 12.7. The van der Waals surface area contributed by atoms with Crippen molar-refractivity contribution in [3.63, 3.8) is 0 Å². The summed E-state index contributed by atoms with van der Waals surface area (Å²) in [6, 6.07) is 3.43. The molecular formula is C14H24ClN3O5S. The van der Waals surface area contributed by atoms with Crippen LogP contribution in [0, 0.1) is 16.0 Å². The second kappa shape index (κ2) is 8.61. The number of nitro benzene ring substituents is 1. The van der Waals surface area contributed by atoms with Crippen LogP contribution in [0.5, 0.6) is 5.75 Å². The van der Waals surface area contributed by atoms with E-state index in [0.717, 1.165) is 6.07 Å². The maximum Gasteiger partial charge on any atom is 0.271 e. The van der Waals surface area contributed by atoms with Crippen molar-refractivity contribution in [3.05, 3.63) is 28.3 Å². The lowest BCUT2D eigenvalue weighted by Gasteiger charge is -2.31. The van der Waals surface area contributed by atoms with Crippen LogP contribution in [0.4, 0.5) is 5.69 Å². The fourth-order valence-electron chi connectivity index (χ4n) is 2.44. The fourth-order valence-corrected chi connectivity index (χ4v) is 4.05. The maximum absolute atomic E-state index is 12.7.